The summed E-state index contributed by atoms with van der Waals surface area (Å²) in [7, 11) is 1.61. The van der Waals surface area contributed by atoms with Crippen LogP contribution in [0.3, 0.4) is 0 Å². The average Bonchev–Trinajstić information content (AvgIpc) is 3.21. The lowest BCUT2D eigenvalue weighted by Gasteiger charge is -2.25. The molecule has 0 saturated heterocycles. The number of methoxy groups -OCH3 is 1. The van der Waals surface area contributed by atoms with Crippen LogP contribution in [-0.4, -0.2) is 34.8 Å². The average molecular weight is 364 g/mol. The van der Waals surface area contributed by atoms with Crippen LogP contribution in [0.1, 0.15) is 11.4 Å². The molecule has 2 N–H and O–H groups in total. The van der Waals surface area contributed by atoms with Crippen LogP contribution in [-0.2, 0) is 17.8 Å². The Morgan fingerprint density at radius 1 is 1.26 bits per heavy atom. The van der Waals surface area contributed by atoms with E-state index in [9.17, 15) is 4.79 Å². The van der Waals surface area contributed by atoms with Crippen molar-refractivity contribution in [2.75, 3.05) is 13.7 Å². The van der Waals surface area contributed by atoms with Crippen LogP contribution in [0.15, 0.2) is 48.5 Å². The lowest BCUT2D eigenvalue weighted by atomic mass is 9.95. The van der Waals surface area contributed by atoms with E-state index in [0.29, 0.717) is 37.0 Å². The van der Waals surface area contributed by atoms with E-state index < -0.39 is 0 Å². The van der Waals surface area contributed by atoms with Crippen LogP contribution in [0, 0.1) is 5.92 Å². The number of nitrogens with zero attached hydrogens (tertiary/aromatic N) is 2. The predicted molar refractivity (Wildman–Crippen MR) is 99.3 cm³/mol. The maximum atomic E-state index is 12.5. The van der Waals surface area contributed by atoms with Gasteiger partial charge in [0.25, 0.3) is 0 Å². The number of aromatic amines is 1. The molecule has 1 aromatic heterocycles. The van der Waals surface area contributed by atoms with Gasteiger partial charge in [0.05, 0.1) is 19.6 Å². The topological polar surface area (TPSA) is 89.1 Å². The quantitative estimate of drug-likeness (QED) is 0.725. The number of carbonyl (C=O) groups excluding carboxylic acids is 1. The number of nitrogens with one attached hydrogen (secondary N) is 2. The van der Waals surface area contributed by atoms with Crippen molar-refractivity contribution >= 4 is 5.91 Å². The third-order valence-corrected chi connectivity index (χ3v) is 4.54. The van der Waals surface area contributed by atoms with Crippen molar-refractivity contribution in [3.05, 3.63) is 59.9 Å². The number of aromatic nitrogens is 3. The summed E-state index contributed by atoms with van der Waals surface area (Å²) in [6.45, 7) is 0.616. The highest BCUT2D eigenvalue weighted by Crippen LogP contribution is 2.36. The van der Waals surface area contributed by atoms with Gasteiger partial charge in [-0.3, -0.25) is 9.89 Å². The van der Waals surface area contributed by atoms with Crippen molar-refractivity contribution in [1.29, 1.82) is 0 Å². The Hall–Kier alpha value is -3.35. The Labute approximate surface area is 156 Å². The summed E-state index contributed by atoms with van der Waals surface area (Å²) < 4.78 is 11.1. The second-order valence-corrected chi connectivity index (χ2v) is 6.35. The SMILES string of the molecule is COc1cccc2c1OC[C@@H](C(=O)NCc1nc(-c3ccccc3)n[nH]1)C2. The molecule has 0 saturated carbocycles. The third kappa shape index (κ3) is 3.62. The monoisotopic (exact) mass is 364 g/mol. The summed E-state index contributed by atoms with van der Waals surface area (Å²) in [4.78, 5) is 17.0. The van der Waals surface area contributed by atoms with Crippen LogP contribution >= 0.6 is 0 Å². The fraction of sp³-hybridized carbons (Fsp3) is 0.250. The van der Waals surface area contributed by atoms with Gasteiger partial charge in [-0.05, 0) is 18.1 Å². The first kappa shape index (κ1) is 17.1. The molecule has 0 fully saturated rings. The van der Waals surface area contributed by atoms with Gasteiger partial charge in [-0.15, -0.1) is 0 Å². The summed E-state index contributed by atoms with van der Waals surface area (Å²) in [5.41, 5.74) is 1.91. The number of rotatable bonds is 5. The van der Waals surface area contributed by atoms with Crippen molar-refractivity contribution in [1.82, 2.24) is 20.5 Å². The predicted octanol–water partition coefficient (Wildman–Crippen LogP) is 2.35. The Kier molecular flexibility index (Phi) is 4.74. The smallest absolute Gasteiger partial charge is 0.227 e. The molecule has 1 aliphatic rings. The van der Waals surface area contributed by atoms with Crippen molar-refractivity contribution in [2.45, 2.75) is 13.0 Å². The molecule has 1 aliphatic heterocycles. The van der Waals surface area contributed by atoms with Crippen molar-refractivity contribution < 1.29 is 14.3 Å². The minimum atomic E-state index is -0.249. The first-order chi connectivity index (χ1) is 13.2. The molecule has 0 aliphatic carbocycles. The van der Waals surface area contributed by atoms with E-state index in [4.69, 9.17) is 9.47 Å². The lowest BCUT2D eigenvalue weighted by Crippen LogP contribution is -2.37. The lowest BCUT2D eigenvalue weighted by molar-refractivity contribution is -0.126. The number of benzene rings is 2. The van der Waals surface area contributed by atoms with Gasteiger partial charge >= 0.3 is 0 Å². The summed E-state index contributed by atoms with van der Waals surface area (Å²) in [6, 6.07) is 15.4. The Bertz CT molecular complexity index is 939. The maximum absolute atomic E-state index is 12.5. The highest BCUT2D eigenvalue weighted by molar-refractivity contribution is 5.79. The zero-order chi connectivity index (χ0) is 18.6. The Morgan fingerprint density at radius 2 is 2.11 bits per heavy atom. The molecule has 0 unspecified atom stereocenters. The van der Waals surface area contributed by atoms with Crippen molar-refractivity contribution in [3.63, 3.8) is 0 Å². The zero-order valence-corrected chi connectivity index (χ0v) is 14.9. The van der Waals surface area contributed by atoms with E-state index in [2.05, 4.69) is 20.5 Å². The molecule has 2 aromatic carbocycles. The van der Waals surface area contributed by atoms with Crippen LogP contribution in [0.4, 0.5) is 0 Å². The largest absolute Gasteiger partial charge is 0.493 e. The van der Waals surface area contributed by atoms with Gasteiger partial charge in [0.2, 0.25) is 5.91 Å². The second-order valence-electron chi connectivity index (χ2n) is 6.35. The van der Waals surface area contributed by atoms with E-state index in [1.807, 2.05) is 48.5 Å². The molecule has 0 radical (unpaired) electrons. The number of hydrogen-bond donors (Lipinski definition) is 2. The first-order valence-corrected chi connectivity index (χ1v) is 8.77. The molecular weight excluding hydrogens is 344 g/mol. The Morgan fingerprint density at radius 3 is 2.93 bits per heavy atom. The number of H-pyrrole nitrogens is 1. The van der Waals surface area contributed by atoms with Gasteiger partial charge in [0.15, 0.2) is 17.3 Å². The maximum Gasteiger partial charge on any atom is 0.227 e. The summed E-state index contributed by atoms with van der Waals surface area (Å²) >= 11 is 0. The minimum absolute atomic E-state index is 0.0684. The Balaban J connectivity index is 1.37. The summed E-state index contributed by atoms with van der Waals surface area (Å²) in [5.74, 6) is 2.33. The number of amides is 1. The first-order valence-electron chi connectivity index (χ1n) is 8.77. The van der Waals surface area contributed by atoms with E-state index in [1.54, 1.807) is 7.11 Å². The molecule has 27 heavy (non-hydrogen) atoms. The summed E-state index contributed by atoms with van der Waals surface area (Å²) in [6.07, 6.45) is 0.615. The van der Waals surface area contributed by atoms with Gasteiger partial charge in [-0.1, -0.05) is 42.5 Å². The normalized spacial score (nSPS) is 15.5. The van der Waals surface area contributed by atoms with Gasteiger partial charge in [0, 0.05) is 5.56 Å². The number of ether oxygens (including phenoxy) is 2. The van der Waals surface area contributed by atoms with E-state index in [1.165, 1.54) is 0 Å². The molecule has 4 rings (SSSR count). The number of carbonyl (C=O) groups is 1. The molecule has 3 aromatic rings. The second kappa shape index (κ2) is 7.49. The molecule has 1 atom stereocenters. The third-order valence-electron chi connectivity index (χ3n) is 4.54. The highest BCUT2D eigenvalue weighted by Gasteiger charge is 2.27. The summed E-state index contributed by atoms with van der Waals surface area (Å²) in [5, 5.41) is 9.98. The molecule has 2 heterocycles. The van der Waals surface area contributed by atoms with Gasteiger partial charge in [0.1, 0.15) is 12.4 Å². The van der Waals surface area contributed by atoms with Crippen LogP contribution in [0.25, 0.3) is 11.4 Å². The number of para-hydroxylation sites is 1. The molecule has 0 bridgehead atoms. The molecule has 1 amide bonds. The van der Waals surface area contributed by atoms with Crippen LogP contribution in [0.5, 0.6) is 11.5 Å². The van der Waals surface area contributed by atoms with E-state index >= 15 is 0 Å². The fourth-order valence-electron chi connectivity index (χ4n) is 3.13. The van der Waals surface area contributed by atoms with Crippen LogP contribution in [0.2, 0.25) is 0 Å². The standard InChI is InChI=1S/C20H20N4O3/c1-26-16-9-5-8-14-10-15(12-27-18(14)16)20(25)21-11-17-22-19(24-23-17)13-6-3-2-4-7-13/h2-9,15H,10-12H2,1H3,(H,21,25)(H,22,23,24)/t15-/m0/s1. The molecule has 138 valence electrons. The van der Waals surface area contributed by atoms with Gasteiger partial charge in [-0.25, -0.2) is 4.98 Å². The highest BCUT2D eigenvalue weighted by atomic mass is 16.5. The van der Waals surface area contributed by atoms with E-state index in [-0.39, 0.29) is 11.8 Å². The molecule has 0 spiro atoms. The van der Waals surface area contributed by atoms with Gasteiger partial charge < -0.3 is 14.8 Å². The van der Waals surface area contributed by atoms with Crippen LogP contribution < -0.4 is 14.8 Å². The van der Waals surface area contributed by atoms with Gasteiger partial charge in [-0.2, -0.15) is 5.10 Å². The zero-order valence-electron chi connectivity index (χ0n) is 14.9. The fourth-order valence-corrected chi connectivity index (χ4v) is 3.13. The molecule has 7 nitrogen and oxygen atoms in total. The molecular formula is C20H20N4O3. The number of fused-ring (bicyclic) bond motifs is 1. The minimum Gasteiger partial charge on any atom is -0.493 e. The van der Waals surface area contributed by atoms with E-state index in [0.717, 1.165) is 16.9 Å². The molecule has 7 heteroatoms. The van der Waals surface area contributed by atoms with Crippen molar-refractivity contribution in [3.8, 4) is 22.9 Å². The van der Waals surface area contributed by atoms with Crippen molar-refractivity contribution in [2.24, 2.45) is 5.92 Å². The number of hydrogen-bond acceptors (Lipinski definition) is 5.